The zero-order valence-corrected chi connectivity index (χ0v) is 18.4. The highest BCUT2D eigenvalue weighted by Gasteiger charge is 2.65. The number of hydrogen-bond donors (Lipinski definition) is 1. The van der Waals surface area contributed by atoms with Crippen molar-refractivity contribution in [3.8, 4) is 0 Å². The third-order valence-electron chi connectivity index (χ3n) is 10.1. The number of allylic oxidation sites excluding steroid dienone is 1. The van der Waals surface area contributed by atoms with Crippen LogP contribution in [0.4, 0.5) is 0 Å². The molecule has 160 valence electrons. The van der Waals surface area contributed by atoms with Crippen molar-refractivity contribution in [1.29, 1.82) is 0 Å². The molecule has 4 heteroatoms. The van der Waals surface area contributed by atoms with E-state index in [1.165, 1.54) is 5.57 Å². The number of carbonyl (C=O) groups is 3. The standard InChI is InChI=1S/C25H36O4/c1-15-14-23(3)17(13-21(15)27)5-6-18-19(23)7-10-24(4)20(18)8-11-25(24,16(2)26)12-9-22(28)29/h13,15,18-20H,5-12,14H2,1-4H3,(H,28,29)/t15?,18-,19+,20+,23+,24+,25+/m1/s1. The van der Waals surface area contributed by atoms with Crippen LogP contribution < -0.4 is 0 Å². The monoisotopic (exact) mass is 400 g/mol. The maximum Gasteiger partial charge on any atom is 0.303 e. The number of aliphatic carboxylic acids is 1. The average molecular weight is 401 g/mol. The van der Waals surface area contributed by atoms with E-state index in [4.69, 9.17) is 0 Å². The first-order chi connectivity index (χ1) is 13.5. The first-order valence-electron chi connectivity index (χ1n) is 11.5. The van der Waals surface area contributed by atoms with Gasteiger partial charge in [-0.3, -0.25) is 14.4 Å². The Kier molecular flexibility index (Phi) is 4.87. The summed E-state index contributed by atoms with van der Waals surface area (Å²) in [6.45, 7) is 8.45. The second-order valence-corrected chi connectivity index (χ2v) is 11.0. The number of fused-ring (bicyclic) bond motifs is 5. The first-order valence-corrected chi connectivity index (χ1v) is 11.5. The van der Waals surface area contributed by atoms with Gasteiger partial charge in [-0.25, -0.2) is 0 Å². The Morgan fingerprint density at radius 2 is 1.83 bits per heavy atom. The largest absolute Gasteiger partial charge is 0.481 e. The van der Waals surface area contributed by atoms with Gasteiger partial charge in [0.15, 0.2) is 5.78 Å². The summed E-state index contributed by atoms with van der Waals surface area (Å²) in [5.74, 6) is 1.45. The molecule has 1 N–H and O–H groups in total. The third-order valence-corrected chi connectivity index (χ3v) is 10.1. The highest BCUT2D eigenvalue weighted by atomic mass is 16.4. The number of Topliss-reactive ketones (excluding diaryl/α,β-unsaturated/α-hetero) is 1. The Morgan fingerprint density at radius 3 is 2.48 bits per heavy atom. The minimum absolute atomic E-state index is 0.0835. The number of hydrogen-bond acceptors (Lipinski definition) is 3. The summed E-state index contributed by atoms with van der Waals surface area (Å²) < 4.78 is 0. The van der Waals surface area contributed by atoms with Crippen LogP contribution >= 0.6 is 0 Å². The minimum Gasteiger partial charge on any atom is -0.481 e. The van der Waals surface area contributed by atoms with Crippen molar-refractivity contribution < 1.29 is 19.5 Å². The Balaban J connectivity index is 1.67. The van der Waals surface area contributed by atoms with Crippen molar-refractivity contribution >= 4 is 17.5 Å². The molecule has 0 aromatic heterocycles. The molecular formula is C25H36O4. The van der Waals surface area contributed by atoms with Gasteiger partial charge in [0, 0.05) is 17.8 Å². The lowest BCUT2D eigenvalue weighted by molar-refractivity contribution is -0.146. The van der Waals surface area contributed by atoms with Crippen molar-refractivity contribution in [3.63, 3.8) is 0 Å². The van der Waals surface area contributed by atoms with Crippen molar-refractivity contribution in [2.45, 2.75) is 85.5 Å². The summed E-state index contributed by atoms with van der Waals surface area (Å²) >= 11 is 0. The molecule has 0 aliphatic heterocycles. The fraction of sp³-hybridized carbons (Fsp3) is 0.800. The van der Waals surface area contributed by atoms with Crippen molar-refractivity contribution in [2.24, 2.45) is 39.9 Å². The normalized spacial score (nSPS) is 46.3. The van der Waals surface area contributed by atoms with Gasteiger partial charge in [-0.1, -0.05) is 26.3 Å². The molecule has 7 atom stereocenters. The molecule has 29 heavy (non-hydrogen) atoms. The third kappa shape index (κ3) is 2.80. The zero-order valence-electron chi connectivity index (χ0n) is 18.4. The lowest BCUT2D eigenvalue weighted by Crippen LogP contribution is -2.54. The van der Waals surface area contributed by atoms with Gasteiger partial charge in [-0.2, -0.15) is 0 Å². The molecule has 3 fully saturated rings. The number of rotatable bonds is 4. The van der Waals surface area contributed by atoms with Gasteiger partial charge in [0.2, 0.25) is 0 Å². The van der Waals surface area contributed by atoms with Crippen LogP contribution in [0.15, 0.2) is 11.6 Å². The summed E-state index contributed by atoms with van der Waals surface area (Å²) in [6, 6.07) is 0. The lowest BCUT2D eigenvalue weighted by Gasteiger charge is -2.60. The summed E-state index contributed by atoms with van der Waals surface area (Å²) in [7, 11) is 0. The smallest absolute Gasteiger partial charge is 0.303 e. The van der Waals surface area contributed by atoms with E-state index >= 15 is 0 Å². The van der Waals surface area contributed by atoms with E-state index in [2.05, 4.69) is 20.8 Å². The van der Waals surface area contributed by atoms with Gasteiger partial charge >= 0.3 is 5.97 Å². The second-order valence-electron chi connectivity index (χ2n) is 11.0. The maximum absolute atomic E-state index is 12.9. The van der Waals surface area contributed by atoms with Crippen LogP contribution in [0.5, 0.6) is 0 Å². The van der Waals surface area contributed by atoms with Gasteiger partial charge in [0.1, 0.15) is 5.78 Å². The zero-order chi connectivity index (χ0) is 21.2. The SMILES string of the molecule is CC(=O)[C@@]1(CCC(=O)O)CC[C@H]2[C@@H]3CCC4=CC(=O)C(C)C[C@]4(C)[C@H]3CC[C@@]21C. The molecule has 4 nitrogen and oxygen atoms in total. The van der Waals surface area contributed by atoms with E-state index in [-0.39, 0.29) is 29.0 Å². The van der Waals surface area contributed by atoms with Gasteiger partial charge < -0.3 is 5.11 Å². The second kappa shape index (κ2) is 6.78. The van der Waals surface area contributed by atoms with Crippen molar-refractivity contribution in [3.05, 3.63) is 11.6 Å². The van der Waals surface area contributed by atoms with Crippen molar-refractivity contribution in [2.75, 3.05) is 0 Å². The number of carboxylic acid groups (broad SMARTS) is 1. The number of carboxylic acids is 1. The van der Waals surface area contributed by atoms with E-state index in [9.17, 15) is 19.5 Å². The molecule has 0 saturated heterocycles. The summed E-state index contributed by atoms with van der Waals surface area (Å²) in [5.41, 5.74) is 0.907. The van der Waals surface area contributed by atoms with Crippen LogP contribution in [-0.4, -0.2) is 22.6 Å². The van der Waals surface area contributed by atoms with E-state index in [0.29, 0.717) is 30.0 Å². The highest BCUT2D eigenvalue weighted by molar-refractivity contribution is 5.93. The summed E-state index contributed by atoms with van der Waals surface area (Å²) in [5, 5.41) is 9.30. The maximum atomic E-state index is 12.9. The highest BCUT2D eigenvalue weighted by Crippen LogP contribution is 2.71. The Bertz CT molecular complexity index is 782. The molecule has 0 bridgehead atoms. The van der Waals surface area contributed by atoms with E-state index in [1.807, 2.05) is 6.08 Å². The van der Waals surface area contributed by atoms with E-state index in [0.717, 1.165) is 44.9 Å². The topological polar surface area (TPSA) is 71.4 Å². The van der Waals surface area contributed by atoms with Crippen LogP contribution in [0, 0.1) is 39.9 Å². The first kappa shape index (κ1) is 20.8. The molecule has 4 aliphatic carbocycles. The van der Waals surface area contributed by atoms with Crippen LogP contribution in [0.2, 0.25) is 0 Å². The van der Waals surface area contributed by atoms with Crippen LogP contribution in [0.3, 0.4) is 0 Å². The minimum atomic E-state index is -0.799. The van der Waals surface area contributed by atoms with Gasteiger partial charge in [-0.05, 0) is 93.0 Å². The molecule has 0 amide bonds. The summed E-state index contributed by atoms with van der Waals surface area (Å²) in [6.07, 6.45) is 9.58. The molecular weight excluding hydrogens is 364 g/mol. The van der Waals surface area contributed by atoms with Crippen LogP contribution in [0.1, 0.15) is 85.5 Å². The molecule has 0 aromatic carbocycles. The van der Waals surface area contributed by atoms with E-state index < -0.39 is 11.4 Å². The molecule has 4 rings (SSSR count). The fourth-order valence-electron chi connectivity index (χ4n) is 8.52. The van der Waals surface area contributed by atoms with E-state index in [1.54, 1.807) is 6.92 Å². The summed E-state index contributed by atoms with van der Waals surface area (Å²) in [4.78, 5) is 36.6. The van der Waals surface area contributed by atoms with Crippen LogP contribution in [-0.2, 0) is 14.4 Å². The predicted molar refractivity (Wildman–Crippen MR) is 111 cm³/mol. The Labute approximate surface area is 174 Å². The fourth-order valence-corrected chi connectivity index (χ4v) is 8.52. The lowest BCUT2D eigenvalue weighted by atomic mass is 9.44. The number of ketones is 2. The molecule has 4 aliphatic rings. The molecule has 0 aromatic rings. The molecule has 3 saturated carbocycles. The molecule has 0 heterocycles. The van der Waals surface area contributed by atoms with Gasteiger partial charge in [0.05, 0.1) is 0 Å². The Hall–Kier alpha value is -1.45. The van der Waals surface area contributed by atoms with Crippen LogP contribution in [0.25, 0.3) is 0 Å². The molecule has 1 unspecified atom stereocenters. The van der Waals surface area contributed by atoms with Crippen molar-refractivity contribution in [1.82, 2.24) is 0 Å². The predicted octanol–water partition coefficient (Wildman–Crippen LogP) is 5.20. The molecule has 0 radical (unpaired) electrons. The van der Waals surface area contributed by atoms with Gasteiger partial charge in [-0.15, -0.1) is 0 Å². The number of carbonyl (C=O) groups excluding carboxylic acids is 2. The average Bonchev–Trinajstić information content (AvgIpc) is 2.95. The Morgan fingerprint density at radius 1 is 1.14 bits per heavy atom. The van der Waals surface area contributed by atoms with Gasteiger partial charge in [0.25, 0.3) is 0 Å². The quantitative estimate of drug-likeness (QED) is 0.703. The molecule has 0 spiro atoms.